The summed E-state index contributed by atoms with van der Waals surface area (Å²) in [4.78, 5) is 11.6. The highest BCUT2D eigenvalue weighted by Crippen LogP contribution is 1.98. The second-order valence-electron chi connectivity index (χ2n) is 1.82. The number of likely N-dealkylation sites (N-methyl/N-ethyl adjacent to an activating group) is 1. The fraction of sp³-hybridized carbons (Fsp3) is 0.500. The summed E-state index contributed by atoms with van der Waals surface area (Å²) >= 11 is 0. The van der Waals surface area contributed by atoms with Gasteiger partial charge < -0.3 is 10.0 Å². The molecule has 1 rings (SSSR count). The fourth-order valence-electron chi connectivity index (χ4n) is 0.568. The summed E-state index contributed by atoms with van der Waals surface area (Å²) in [5.74, 6) is -0.602. The first-order valence-electron chi connectivity index (χ1n) is 2.43. The van der Waals surface area contributed by atoms with Gasteiger partial charge in [0.2, 0.25) is 6.23 Å². The van der Waals surface area contributed by atoms with Crippen LogP contribution in [0.5, 0.6) is 0 Å². The molecule has 0 aliphatic carbocycles. The van der Waals surface area contributed by atoms with Crippen LogP contribution in [0, 0.1) is 5.41 Å². The Labute approximate surface area is 51.8 Å². The molecule has 5 heteroatoms. The number of rotatable bonds is 0. The number of amides is 1. The number of carbonyl (C=O) groups is 1. The van der Waals surface area contributed by atoms with Crippen LogP contribution in [0.25, 0.3) is 0 Å². The Balaban J connectivity index is 2.77. The number of hydrogen-bond donors (Lipinski definition) is 3. The summed E-state index contributed by atoms with van der Waals surface area (Å²) in [7, 11) is 1.46. The van der Waals surface area contributed by atoms with Crippen molar-refractivity contribution in [2.24, 2.45) is 0 Å². The topological polar surface area (TPSA) is 76.4 Å². The number of aliphatic hydroxyl groups excluding tert-OH is 1. The van der Waals surface area contributed by atoms with Crippen molar-refractivity contribution in [2.75, 3.05) is 7.05 Å². The number of nitrogens with zero attached hydrogens (tertiary/aromatic N) is 1. The molecule has 0 aromatic rings. The molecule has 0 aromatic heterocycles. The summed E-state index contributed by atoms with van der Waals surface area (Å²) in [5, 5.41) is 17.9. The maximum atomic E-state index is 10.5. The van der Waals surface area contributed by atoms with E-state index in [4.69, 9.17) is 10.5 Å². The van der Waals surface area contributed by atoms with Gasteiger partial charge in [0.05, 0.1) is 0 Å². The van der Waals surface area contributed by atoms with Gasteiger partial charge in [-0.25, -0.2) is 0 Å². The molecule has 1 aliphatic rings. The zero-order valence-corrected chi connectivity index (χ0v) is 4.88. The number of guanidine groups is 1. The summed E-state index contributed by atoms with van der Waals surface area (Å²) in [6.07, 6.45) is -1.18. The summed E-state index contributed by atoms with van der Waals surface area (Å²) in [5.41, 5.74) is 0. The standard InChI is InChI=1S/C4H7N3O2/c1-7-3(9)2(8)6-4(7)5/h3,9H,1H3,(H2,5,6,8). The van der Waals surface area contributed by atoms with Gasteiger partial charge in [0.1, 0.15) is 0 Å². The van der Waals surface area contributed by atoms with E-state index in [1.54, 1.807) is 0 Å². The Hall–Kier alpha value is -1.10. The quantitative estimate of drug-likeness (QED) is 0.365. The first kappa shape index (κ1) is 6.03. The second-order valence-corrected chi connectivity index (χ2v) is 1.82. The third-order valence-electron chi connectivity index (χ3n) is 1.20. The number of hydrogen-bond acceptors (Lipinski definition) is 3. The minimum atomic E-state index is -1.18. The summed E-state index contributed by atoms with van der Waals surface area (Å²) in [6.45, 7) is 0. The Morgan fingerprint density at radius 2 is 2.44 bits per heavy atom. The smallest absolute Gasteiger partial charge is 0.276 e. The molecule has 0 radical (unpaired) electrons. The van der Waals surface area contributed by atoms with Crippen molar-refractivity contribution in [3.8, 4) is 0 Å². The molecule has 5 nitrogen and oxygen atoms in total. The Kier molecular flexibility index (Phi) is 1.14. The van der Waals surface area contributed by atoms with Crippen molar-refractivity contribution in [3.05, 3.63) is 0 Å². The summed E-state index contributed by atoms with van der Waals surface area (Å²) in [6, 6.07) is 0. The minimum absolute atomic E-state index is 0.0625. The average molecular weight is 129 g/mol. The number of aliphatic hydroxyl groups is 1. The first-order valence-corrected chi connectivity index (χ1v) is 2.43. The zero-order valence-electron chi connectivity index (χ0n) is 4.88. The highest BCUT2D eigenvalue weighted by atomic mass is 16.3. The molecule has 0 spiro atoms. The van der Waals surface area contributed by atoms with Gasteiger partial charge in [-0.3, -0.25) is 15.5 Å². The van der Waals surface area contributed by atoms with Gasteiger partial charge in [-0.2, -0.15) is 0 Å². The van der Waals surface area contributed by atoms with Crippen molar-refractivity contribution in [1.82, 2.24) is 10.2 Å². The van der Waals surface area contributed by atoms with Gasteiger partial charge in [-0.05, 0) is 0 Å². The van der Waals surface area contributed by atoms with Gasteiger partial charge in [0.15, 0.2) is 5.96 Å². The van der Waals surface area contributed by atoms with Crippen molar-refractivity contribution >= 4 is 11.9 Å². The molecule has 50 valence electrons. The molecule has 1 heterocycles. The van der Waals surface area contributed by atoms with E-state index in [0.717, 1.165) is 4.90 Å². The van der Waals surface area contributed by atoms with Crippen molar-refractivity contribution < 1.29 is 9.90 Å². The van der Waals surface area contributed by atoms with E-state index in [1.807, 2.05) is 0 Å². The van der Waals surface area contributed by atoms with Gasteiger partial charge in [0.25, 0.3) is 5.91 Å². The molecule has 1 amide bonds. The molecule has 1 aliphatic heterocycles. The Morgan fingerprint density at radius 3 is 2.56 bits per heavy atom. The predicted molar refractivity (Wildman–Crippen MR) is 29.6 cm³/mol. The van der Waals surface area contributed by atoms with Gasteiger partial charge in [-0.15, -0.1) is 0 Å². The highest BCUT2D eigenvalue weighted by Gasteiger charge is 2.30. The Bertz CT molecular complexity index is 149. The third kappa shape index (κ3) is 0.746. The van der Waals surface area contributed by atoms with Crippen LogP contribution in [0.2, 0.25) is 0 Å². The van der Waals surface area contributed by atoms with Crippen LogP contribution < -0.4 is 5.32 Å². The van der Waals surface area contributed by atoms with E-state index in [1.165, 1.54) is 7.05 Å². The third-order valence-corrected chi connectivity index (χ3v) is 1.20. The van der Waals surface area contributed by atoms with Crippen LogP contribution in [-0.2, 0) is 4.79 Å². The molecule has 1 atom stereocenters. The SMILES string of the molecule is CN1C(=N)NC(=O)C1O. The van der Waals surface area contributed by atoms with E-state index < -0.39 is 12.1 Å². The van der Waals surface area contributed by atoms with E-state index in [2.05, 4.69) is 5.32 Å². The van der Waals surface area contributed by atoms with Crippen molar-refractivity contribution in [2.45, 2.75) is 6.23 Å². The molecule has 0 bridgehead atoms. The van der Waals surface area contributed by atoms with E-state index in [0.29, 0.717) is 0 Å². The molecule has 1 unspecified atom stereocenters. The maximum Gasteiger partial charge on any atom is 0.276 e. The lowest BCUT2D eigenvalue weighted by molar-refractivity contribution is -0.129. The van der Waals surface area contributed by atoms with Crippen LogP contribution in [0.3, 0.4) is 0 Å². The van der Waals surface area contributed by atoms with E-state index in [9.17, 15) is 4.79 Å². The van der Waals surface area contributed by atoms with Crippen LogP contribution in [-0.4, -0.2) is 35.1 Å². The number of nitrogens with one attached hydrogen (secondary N) is 2. The lowest BCUT2D eigenvalue weighted by Crippen LogP contribution is -2.30. The average Bonchev–Trinajstić information content (AvgIpc) is 1.98. The molecule has 1 saturated heterocycles. The van der Waals surface area contributed by atoms with Crippen LogP contribution in [0.4, 0.5) is 0 Å². The van der Waals surface area contributed by atoms with E-state index >= 15 is 0 Å². The van der Waals surface area contributed by atoms with Gasteiger partial charge in [0, 0.05) is 7.05 Å². The lowest BCUT2D eigenvalue weighted by atomic mass is 10.5. The molecular formula is C4H7N3O2. The normalized spacial score (nSPS) is 26.9. The molecular weight excluding hydrogens is 122 g/mol. The summed E-state index contributed by atoms with van der Waals surface area (Å²) < 4.78 is 0. The lowest BCUT2D eigenvalue weighted by Gasteiger charge is -2.10. The maximum absolute atomic E-state index is 10.5. The highest BCUT2D eigenvalue weighted by molar-refractivity contribution is 6.03. The van der Waals surface area contributed by atoms with Crippen molar-refractivity contribution in [1.29, 1.82) is 5.41 Å². The molecule has 0 saturated carbocycles. The van der Waals surface area contributed by atoms with Crippen molar-refractivity contribution in [3.63, 3.8) is 0 Å². The molecule has 0 aromatic carbocycles. The fourth-order valence-corrected chi connectivity index (χ4v) is 0.568. The molecule has 1 fully saturated rings. The first-order chi connectivity index (χ1) is 4.13. The van der Waals surface area contributed by atoms with Crippen LogP contribution >= 0.6 is 0 Å². The monoisotopic (exact) mass is 129 g/mol. The zero-order chi connectivity index (χ0) is 7.02. The minimum Gasteiger partial charge on any atom is -0.365 e. The van der Waals surface area contributed by atoms with Crippen LogP contribution in [0.15, 0.2) is 0 Å². The Morgan fingerprint density at radius 1 is 1.89 bits per heavy atom. The van der Waals surface area contributed by atoms with Gasteiger partial charge in [-0.1, -0.05) is 0 Å². The van der Waals surface area contributed by atoms with Gasteiger partial charge >= 0.3 is 0 Å². The molecule has 3 N–H and O–H groups in total. The predicted octanol–water partition coefficient (Wildman–Crippen LogP) is -1.70. The number of carbonyl (C=O) groups excluding carboxylic acids is 1. The molecule has 9 heavy (non-hydrogen) atoms. The van der Waals surface area contributed by atoms with E-state index in [-0.39, 0.29) is 5.96 Å². The second kappa shape index (κ2) is 1.70. The largest absolute Gasteiger partial charge is 0.365 e. The van der Waals surface area contributed by atoms with Crippen LogP contribution in [0.1, 0.15) is 0 Å².